The molecule has 54 heavy (non-hydrogen) atoms. The fourth-order valence-electron chi connectivity index (χ4n) is 7.89. The summed E-state index contributed by atoms with van der Waals surface area (Å²) in [6.07, 6.45) is 0. The van der Waals surface area contributed by atoms with Gasteiger partial charge in [0.25, 0.3) is 0 Å². The third kappa shape index (κ3) is 5.62. The van der Waals surface area contributed by atoms with E-state index in [1.54, 1.807) is 0 Å². The monoisotopic (exact) mass is 689 g/mol. The number of para-hydroxylation sites is 1. The van der Waals surface area contributed by atoms with E-state index >= 15 is 0 Å². The second kappa shape index (κ2) is 13.4. The van der Waals surface area contributed by atoms with E-state index in [-0.39, 0.29) is 0 Å². The lowest BCUT2D eigenvalue weighted by atomic mass is 9.91. The van der Waals surface area contributed by atoms with E-state index in [1.165, 1.54) is 49.7 Å². The van der Waals surface area contributed by atoms with Gasteiger partial charge in [0.15, 0.2) is 0 Å². The first kappa shape index (κ1) is 31.6. The third-order valence-corrected chi connectivity index (χ3v) is 10.5. The maximum Gasteiger partial charge on any atom is 0.137 e. The molecule has 254 valence electrons. The molecule has 1 aromatic heterocycles. The van der Waals surface area contributed by atoms with E-state index in [0.717, 1.165) is 44.6 Å². The number of hydrogen-bond donors (Lipinski definition) is 0. The molecular weight excluding hydrogens is 655 g/mol. The molecule has 0 atom stereocenters. The number of anilines is 3. The first-order chi connectivity index (χ1) is 26.8. The predicted octanol–water partition coefficient (Wildman–Crippen LogP) is 14.9. The lowest BCUT2D eigenvalue weighted by molar-refractivity contribution is 0.669. The summed E-state index contributed by atoms with van der Waals surface area (Å²) in [5.74, 6) is 0. The summed E-state index contributed by atoms with van der Waals surface area (Å²) in [5, 5.41) is 4.65. The van der Waals surface area contributed by atoms with Crippen molar-refractivity contribution in [2.45, 2.75) is 0 Å². The minimum atomic E-state index is 0.865. The van der Waals surface area contributed by atoms with Crippen LogP contribution in [0.3, 0.4) is 0 Å². The Labute approximate surface area is 314 Å². The molecule has 0 aliphatic heterocycles. The molecule has 10 rings (SSSR count). The lowest BCUT2D eigenvalue weighted by Crippen LogP contribution is -2.11. The van der Waals surface area contributed by atoms with Gasteiger partial charge < -0.3 is 9.32 Å². The van der Waals surface area contributed by atoms with Gasteiger partial charge in [-0.05, 0) is 92.2 Å². The van der Waals surface area contributed by atoms with E-state index in [0.29, 0.717) is 0 Å². The fraction of sp³-hybridized carbons (Fsp3) is 0. The molecule has 0 saturated heterocycles. The summed E-state index contributed by atoms with van der Waals surface area (Å²) in [6.45, 7) is 0. The van der Waals surface area contributed by atoms with Gasteiger partial charge in [-0.15, -0.1) is 0 Å². The summed E-state index contributed by atoms with van der Waals surface area (Å²) in [4.78, 5) is 2.37. The maximum absolute atomic E-state index is 6.44. The lowest BCUT2D eigenvalue weighted by Gasteiger charge is -2.29. The molecule has 0 aliphatic rings. The Bertz CT molecular complexity index is 2910. The molecule has 2 nitrogen and oxygen atoms in total. The zero-order valence-corrected chi connectivity index (χ0v) is 29.6. The summed E-state index contributed by atoms with van der Waals surface area (Å²) in [5.41, 5.74) is 14.5. The average molecular weight is 690 g/mol. The summed E-state index contributed by atoms with van der Waals surface area (Å²) in [6, 6.07) is 75.9. The molecule has 0 unspecified atom stereocenters. The van der Waals surface area contributed by atoms with Crippen LogP contribution in [0.5, 0.6) is 0 Å². The molecule has 0 bridgehead atoms. The quantitative estimate of drug-likeness (QED) is 0.166. The molecule has 0 amide bonds. The van der Waals surface area contributed by atoms with E-state index in [4.69, 9.17) is 4.42 Å². The number of hydrogen-bond acceptors (Lipinski definition) is 2. The molecule has 1 heterocycles. The van der Waals surface area contributed by atoms with Crippen LogP contribution in [-0.4, -0.2) is 0 Å². The summed E-state index contributed by atoms with van der Waals surface area (Å²) >= 11 is 0. The van der Waals surface area contributed by atoms with Gasteiger partial charge in [0, 0.05) is 33.8 Å². The van der Waals surface area contributed by atoms with Crippen LogP contribution < -0.4 is 4.90 Å². The summed E-state index contributed by atoms with van der Waals surface area (Å²) < 4.78 is 6.44. The predicted molar refractivity (Wildman–Crippen MR) is 228 cm³/mol. The second-order valence-electron chi connectivity index (χ2n) is 13.7. The van der Waals surface area contributed by atoms with Crippen molar-refractivity contribution in [2.24, 2.45) is 0 Å². The van der Waals surface area contributed by atoms with Gasteiger partial charge in [0.2, 0.25) is 0 Å². The van der Waals surface area contributed by atoms with E-state index in [9.17, 15) is 0 Å². The van der Waals surface area contributed by atoms with Gasteiger partial charge in [-0.3, -0.25) is 0 Å². The van der Waals surface area contributed by atoms with Crippen LogP contribution in [0.4, 0.5) is 17.1 Å². The Morgan fingerprint density at radius 2 is 0.889 bits per heavy atom. The average Bonchev–Trinajstić information content (AvgIpc) is 3.63. The number of rotatable bonds is 7. The highest BCUT2D eigenvalue weighted by molar-refractivity contribution is 6.08. The highest BCUT2D eigenvalue weighted by atomic mass is 16.3. The molecule has 0 aliphatic carbocycles. The molecule has 0 radical (unpaired) electrons. The molecular formula is C52H35NO. The van der Waals surface area contributed by atoms with Crippen LogP contribution in [-0.2, 0) is 0 Å². The van der Waals surface area contributed by atoms with Crippen LogP contribution in [0.1, 0.15) is 0 Å². The topological polar surface area (TPSA) is 16.4 Å². The molecule has 0 N–H and O–H groups in total. The van der Waals surface area contributed by atoms with Gasteiger partial charge >= 0.3 is 0 Å². The van der Waals surface area contributed by atoms with E-state index < -0.39 is 0 Å². The second-order valence-corrected chi connectivity index (χ2v) is 13.7. The SMILES string of the molecule is c1ccc(-c2ccc(-c3ccc(N(c4ccc5c(c4)oc4ccccc45)c4ccc5ccccc5c4-c4ccccc4)cc3)cc2-c2ccccc2)cc1. The number of nitrogens with zero attached hydrogens (tertiary/aromatic N) is 1. The van der Waals surface area contributed by atoms with Crippen molar-refractivity contribution < 1.29 is 4.42 Å². The van der Waals surface area contributed by atoms with Crippen molar-refractivity contribution >= 4 is 49.8 Å². The van der Waals surface area contributed by atoms with Gasteiger partial charge in [-0.2, -0.15) is 0 Å². The van der Waals surface area contributed by atoms with Crippen molar-refractivity contribution in [1.29, 1.82) is 0 Å². The minimum absolute atomic E-state index is 0.865. The van der Waals surface area contributed by atoms with Gasteiger partial charge in [0.05, 0.1) is 5.69 Å². The Morgan fingerprint density at radius 1 is 0.315 bits per heavy atom. The zero-order chi connectivity index (χ0) is 35.8. The van der Waals surface area contributed by atoms with E-state index in [2.05, 4.69) is 205 Å². The first-order valence-electron chi connectivity index (χ1n) is 18.4. The van der Waals surface area contributed by atoms with Crippen molar-refractivity contribution in [1.82, 2.24) is 0 Å². The summed E-state index contributed by atoms with van der Waals surface area (Å²) in [7, 11) is 0. The zero-order valence-electron chi connectivity index (χ0n) is 29.6. The Balaban J connectivity index is 1.14. The Hall–Kier alpha value is -7.16. The Morgan fingerprint density at radius 3 is 1.63 bits per heavy atom. The van der Waals surface area contributed by atoms with Gasteiger partial charge in [-0.1, -0.05) is 164 Å². The Kier molecular flexibility index (Phi) is 7.85. The molecule has 2 heteroatoms. The van der Waals surface area contributed by atoms with Gasteiger partial charge in [-0.25, -0.2) is 0 Å². The highest BCUT2D eigenvalue weighted by Crippen LogP contribution is 2.46. The molecule has 0 saturated carbocycles. The normalized spacial score (nSPS) is 11.3. The minimum Gasteiger partial charge on any atom is -0.456 e. The molecule has 9 aromatic carbocycles. The molecule has 0 fully saturated rings. The largest absolute Gasteiger partial charge is 0.456 e. The van der Waals surface area contributed by atoms with Crippen LogP contribution >= 0.6 is 0 Å². The highest BCUT2D eigenvalue weighted by Gasteiger charge is 2.21. The fourth-order valence-corrected chi connectivity index (χ4v) is 7.89. The van der Waals surface area contributed by atoms with E-state index in [1.807, 2.05) is 12.1 Å². The van der Waals surface area contributed by atoms with Crippen LogP contribution in [0.2, 0.25) is 0 Å². The number of fused-ring (bicyclic) bond motifs is 4. The van der Waals surface area contributed by atoms with Crippen LogP contribution in [0, 0.1) is 0 Å². The maximum atomic E-state index is 6.44. The van der Waals surface area contributed by atoms with Crippen molar-refractivity contribution in [3.63, 3.8) is 0 Å². The number of benzene rings is 9. The van der Waals surface area contributed by atoms with Crippen LogP contribution in [0.15, 0.2) is 217 Å². The molecule has 0 spiro atoms. The standard InChI is InChI=1S/C52H35NO/c1-4-14-37(15-5-1)44-31-26-41(34-48(44)38-16-6-2-7-17-38)36-24-28-42(29-25-36)53(43-30-32-47-46-22-12-13-23-50(46)54-51(47)35-43)49-33-27-39-18-10-11-21-45(39)52(49)40-19-8-3-9-20-40/h1-35H. The number of furan rings is 1. The molecule has 10 aromatic rings. The van der Waals surface area contributed by atoms with Gasteiger partial charge in [0.1, 0.15) is 11.2 Å². The smallest absolute Gasteiger partial charge is 0.137 e. The van der Waals surface area contributed by atoms with Crippen LogP contribution in [0.25, 0.3) is 77.2 Å². The third-order valence-electron chi connectivity index (χ3n) is 10.5. The van der Waals surface area contributed by atoms with Crippen molar-refractivity contribution in [3.8, 4) is 44.5 Å². The van der Waals surface area contributed by atoms with Crippen molar-refractivity contribution in [2.75, 3.05) is 4.90 Å². The first-order valence-corrected chi connectivity index (χ1v) is 18.4. The van der Waals surface area contributed by atoms with Crippen molar-refractivity contribution in [3.05, 3.63) is 212 Å².